The fraction of sp³-hybridized carbons (Fsp3) is 0.0667. The van der Waals surface area contributed by atoms with E-state index in [2.05, 4.69) is 10.9 Å². The quantitative estimate of drug-likeness (QED) is 0.845. The third kappa shape index (κ3) is 3.50. The third-order valence-electron chi connectivity index (χ3n) is 2.83. The zero-order valence-corrected chi connectivity index (χ0v) is 13.0. The van der Waals surface area contributed by atoms with Gasteiger partial charge in [0.15, 0.2) is 0 Å². The van der Waals surface area contributed by atoms with E-state index < -0.39 is 11.8 Å². The van der Waals surface area contributed by atoms with E-state index >= 15 is 0 Å². The molecular formula is C15H12Cl2N2O3. The molecule has 2 aromatic carbocycles. The van der Waals surface area contributed by atoms with Crippen LogP contribution >= 0.6 is 23.2 Å². The van der Waals surface area contributed by atoms with Gasteiger partial charge in [0.2, 0.25) is 0 Å². The van der Waals surface area contributed by atoms with E-state index in [-0.39, 0.29) is 21.2 Å². The second kappa shape index (κ2) is 7.15. The maximum Gasteiger partial charge on any atom is 0.273 e. The van der Waals surface area contributed by atoms with Crippen LogP contribution in [0.2, 0.25) is 10.0 Å². The van der Waals surface area contributed by atoms with E-state index in [0.29, 0.717) is 5.75 Å². The first-order chi connectivity index (χ1) is 10.5. The number of halogens is 2. The standard InChI is InChI=1S/C15H12Cl2N2O3/c1-22-12-8-3-2-5-9(12)14(20)18-19-15(21)13-10(16)6-4-7-11(13)17/h2-8H,1H3,(H,18,20)(H,19,21). The molecule has 7 heteroatoms. The third-order valence-corrected chi connectivity index (χ3v) is 3.46. The highest BCUT2D eigenvalue weighted by atomic mass is 35.5. The molecule has 114 valence electrons. The Hall–Kier alpha value is -2.24. The largest absolute Gasteiger partial charge is 0.496 e. The Morgan fingerprint density at radius 3 is 2.14 bits per heavy atom. The average molecular weight is 339 g/mol. The lowest BCUT2D eigenvalue weighted by Crippen LogP contribution is -2.42. The van der Waals surface area contributed by atoms with Gasteiger partial charge in [0.25, 0.3) is 11.8 Å². The van der Waals surface area contributed by atoms with E-state index in [4.69, 9.17) is 27.9 Å². The molecule has 2 rings (SSSR count). The first kappa shape index (κ1) is 16.1. The van der Waals surface area contributed by atoms with Gasteiger partial charge < -0.3 is 4.74 Å². The van der Waals surface area contributed by atoms with E-state index in [1.807, 2.05) is 0 Å². The van der Waals surface area contributed by atoms with Gasteiger partial charge in [-0.05, 0) is 24.3 Å². The molecule has 0 radical (unpaired) electrons. The van der Waals surface area contributed by atoms with Crippen LogP contribution in [0.1, 0.15) is 20.7 Å². The van der Waals surface area contributed by atoms with Crippen LogP contribution in [0.25, 0.3) is 0 Å². The SMILES string of the molecule is COc1ccccc1C(=O)NNC(=O)c1c(Cl)cccc1Cl. The predicted molar refractivity (Wildman–Crippen MR) is 84.4 cm³/mol. The van der Waals surface area contributed by atoms with Crippen LogP contribution in [-0.4, -0.2) is 18.9 Å². The normalized spacial score (nSPS) is 9.95. The number of rotatable bonds is 3. The number of carbonyl (C=O) groups excluding carboxylic acids is 2. The lowest BCUT2D eigenvalue weighted by atomic mass is 10.2. The lowest BCUT2D eigenvalue weighted by Gasteiger charge is -2.11. The molecule has 5 nitrogen and oxygen atoms in total. The molecule has 0 aliphatic carbocycles. The minimum absolute atomic E-state index is 0.0890. The summed E-state index contributed by atoms with van der Waals surface area (Å²) in [6, 6.07) is 11.3. The van der Waals surface area contributed by atoms with Crippen molar-refractivity contribution in [2.24, 2.45) is 0 Å². The molecule has 2 aromatic rings. The number of ether oxygens (including phenoxy) is 1. The van der Waals surface area contributed by atoms with Gasteiger partial charge in [0.05, 0.1) is 28.3 Å². The summed E-state index contributed by atoms with van der Waals surface area (Å²) in [6.45, 7) is 0. The second-order valence-corrected chi connectivity index (χ2v) is 5.02. The maximum atomic E-state index is 12.1. The molecule has 2 amide bonds. The first-order valence-electron chi connectivity index (χ1n) is 6.22. The molecule has 0 atom stereocenters. The number of benzene rings is 2. The van der Waals surface area contributed by atoms with E-state index in [9.17, 15) is 9.59 Å². The van der Waals surface area contributed by atoms with Crippen molar-refractivity contribution in [1.82, 2.24) is 10.9 Å². The Morgan fingerprint density at radius 2 is 1.50 bits per heavy atom. The number of hydrazine groups is 1. The fourth-order valence-corrected chi connectivity index (χ4v) is 2.36. The van der Waals surface area contributed by atoms with Crippen molar-refractivity contribution in [3.8, 4) is 5.75 Å². The highest BCUT2D eigenvalue weighted by molar-refractivity contribution is 6.39. The highest BCUT2D eigenvalue weighted by Crippen LogP contribution is 2.23. The summed E-state index contributed by atoms with van der Waals surface area (Å²) in [5, 5.41) is 0.382. The number of amides is 2. The molecule has 0 aliphatic heterocycles. The molecule has 0 fully saturated rings. The summed E-state index contributed by atoms with van der Waals surface area (Å²) in [6.07, 6.45) is 0. The van der Waals surface area contributed by atoms with Crippen LogP contribution in [0.15, 0.2) is 42.5 Å². The zero-order valence-electron chi connectivity index (χ0n) is 11.5. The number of hydrogen-bond acceptors (Lipinski definition) is 3. The van der Waals surface area contributed by atoms with Crippen LogP contribution in [0.3, 0.4) is 0 Å². The number of nitrogens with one attached hydrogen (secondary N) is 2. The van der Waals surface area contributed by atoms with Gasteiger partial charge in [-0.15, -0.1) is 0 Å². The van der Waals surface area contributed by atoms with Crippen molar-refractivity contribution in [1.29, 1.82) is 0 Å². The molecule has 0 spiro atoms. The molecule has 2 N–H and O–H groups in total. The fourth-order valence-electron chi connectivity index (χ4n) is 1.79. The smallest absolute Gasteiger partial charge is 0.273 e. The average Bonchev–Trinajstić information content (AvgIpc) is 2.52. The van der Waals surface area contributed by atoms with Crippen LogP contribution in [0, 0.1) is 0 Å². The van der Waals surface area contributed by atoms with Crippen molar-refractivity contribution in [2.45, 2.75) is 0 Å². The van der Waals surface area contributed by atoms with Gasteiger partial charge in [-0.1, -0.05) is 41.4 Å². The Morgan fingerprint density at radius 1 is 0.909 bits per heavy atom. The van der Waals surface area contributed by atoms with Gasteiger partial charge >= 0.3 is 0 Å². The molecule has 0 saturated carbocycles. The summed E-state index contributed by atoms with van der Waals surface area (Å²) in [5.41, 5.74) is 4.93. The van der Waals surface area contributed by atoms with E-state index in [1.54, 1.807) is 30.3 Å². The topological polar surface area (TPSA) is 67.4 Å². The molecule has 22 heavy (non-hydrogen) atoms. The van der Waals surface area contributed by atoms with Gasteiger partial charge in [-0.3, -0.25) is 20.4 Å². The van der Waals surface area contributed by atoms with Gasteiger partial charge in [0, 0.05) is 0 Å². The van der Waals surface area contributed by atoms with Crippen molar-refractivity contribution >= 4 is 35.0 Å². The van der Waals surface area contributed by atoms with Crippen molar-refractivity contribution in [2.75, 3.05) is 7.11 Å². The maximum absolute atomic E-state index is 12.1. The van der Waals surface area contributed by atoms with Gasteiger partial charge in [-0.25, -0.2) is 0 Å². The van der Waals surface area contributed by atoms with Crippen LogP contribution in [-0.2, 0) is 0 Å². The van der Waals surface area contributed by atoms with Crippen molar-refractivity contribution < 1.29 is 14.3 Å². The summed E-state index contributed by atoms with van der Waals surface area (Å²) >= 11 is 11.9. The van der Waals surface area contributed by atoms with Crippen LogP contribution in [0.4, 0.5) is 0 Å². The van der Waals surface area contributed by atoms with E-state index in [1.165, 1.54) is 19.2 Å². The zero-order chi connectivity index (χ0) is 16.1. The molecule has 0 heterocycles. The lowest BCUT2D eigenvalue weighted by molar-refractivity contribution is 0.0845. The van der Waals surface area contributed by atoms with Gasteiger partial charge in [0.1, 0.15) is 5.75 Å². The molecular weight excluding hydrogens is 327 g/mol. The first-order valence-corrected chi connectivity index (χ1v) is 6.98. The molecule has 0 aromatic heterocycles. The Bertz CT molecular complexity index is 699. The van der Waals surface area contributed by atoms with Crippen LogP contribution in [0.5, 0.6) is 5.75 Å². The van der Waals surface area contributed by atoms with Crippen molar-refractivity contribution in [3.63, 3.8) is 0 Å². The molecule has 0 bridgehead atoms. The Kier molecular flexibility index (Phi) is 5.25. The van der Waals surface area contributed by atoms with Crippen molar-refractivity contribution in [3.05, 3.63) is 63.6 Å². The van der Waals surface area contributed by atoms with Crippen LogP contribution < -0.4 is 15.6 Å². The molecule has 0 saturated heterocycles. The predicted octanol–water partition coefficient (Wildman–Crippen LogP) is 3.08. The minimum Gasteiger partial charge on any atom is -0.496 e. The molecule has 0 unspecified atom stereocenters. The Balaban J connectivity index is 2.10. The summed E-state index contributed by atoms with van der Waals surface area (Å²) in [5.74, 6) is -0.738. The Labute approximate surface area is 137 Å². The molecule has 0 aliphatic rings. The van der Waals surface area contributed by atoms with E-state index in [0.717, 1.165) is 0 Å². The number of carbonyl (C=O) groups is 2. The summed E-state index contributed by atoms with van der Waals surface area (Å²) in [4.78, 5) is 24.1. The summed E-state index contributed by atoms with van der Waals surface area (Å²) < 4.78 is 5.08. The minimum atomic E-state index is -0.612. The monoisotopic (exact) mass is 338 g/mol. The number of para-hydroxylation sites is 1. The number of methoxy groups -OCH3 is 1. The summed E-state index contributed by atoms with van der Waals surface area (Å²) in [7, 11) is 1.45. The number of hydrogen-bond donors (Lipinski definition) is 2. The van der Waals surface area contributed by atoms with Gasteiger partial charge in [-0.2, -0.15) is 0 Å². The second-order valence-electron chi connectivity index (χ2n) is 4.21. The highest BCUT2D eigenvalue weighted by Gasteiger charge is 2.16.